The number of benzene rings is 3. The zero-order valence-corrected chi connectivity index (χ0v) is 25.8. The van der Waals surface area contributed by atoms with E-state index in [1.807, 2.05) is 70.5 Å². The van der Waals surface area contributed by atoms with Crippen LogP contribution in [0.3, 0.4) is 0 Å². The molecule has 4 aromatic rings. The molecule has 0 spiro atoms. The lowest BCUT2D eigenvalue weighted by molar-refractivity contribution is 0.168. The van der Waals surface area contributed by atoms with E-state index in [1.54, 1.807) is 30.3 Å². The third-order valence-electron chi connectivity index (χ3n) is 8.31. The lowest BCUT2D eigenvalue weighted by Crippen LogP contribution is -2.36. The van der Waals surface area contributed by atoms with Crippen molar-refractivity contribution in [1.82, 2.24) is 19.3 Å². The molecule has 0 radical (unpaired) electrons. The molecule has 2 atom stereocenters. The molecule has 9 nitrogen and oxygen atoms in total. The summed E-state index contributed by atoms with van der Waals surface area (Å²) in [5, 5.41) is 8.74. The molecular formula is C32H37N5O4S. The lowest BCUT2D eigenvalue weighted by atomic mass is 9.75. The first-order valence-electron chi connectivity index (χ1n) is 14.3. The van der Waals surface area contributed by atoms with Gasteiger partial charge in [-0.25, -0.2) is 17.9 Å². The number of isocyanates is 1. The molecule has 220 valence electrons. The van der Waals surface area contributed by atoms with Gasteiger partial charge in [-0.2, -0.15) is 9.30 Å². The maximum Gasteiger partial charge on any atom is 0.247 e. The number of aromatic nitrogens is 3. The SMILES string of the molecule is CCC1CN(Cc2cc([C@@H](c3ccc4c(nnn4CC)c3C)C(C)(C)N=C=O)ccc2C)S(=O)(=O)c2ccccc2O1. The monoisotopic (exact) mass is 587 g/mol. The van der Waals surface area contributed by atoms with Gasteiger partial charge in [0.05, 0.1) is 17.6 Å². The van der Waals surface area contributed by atoms with E-state index in [2.05, 4.69) is 21.4 Å². The molecule has 0 saturated carbocycles. The number of nitrogens with zero attached hydrogens (tertiary/aromatic N) is 5. The van der Waals surface area contributed by atoms with Gasteiger partial charge in [0, 0.05) is 19.0 Å². The second-order valence-corrected chi connectivity index (χ2v) is 13.3. The van der Waals surface area contributed by atoms with E-state index in [9.17, 15) is 13.2 Å². The van der Waals surface area contributed by atoms with Crippen LogP contribution in [0.5, 0.6) is 5.75 Å². The maximum absolute atomic E-state index is 13.9. The second kappa shape index (κ2) is 11.4. The Morgan fingerprint density at radius 2 is 1.88 bits per heavy atom. The molecule has 1 aliphatic heterocycles. The molecule has 1 aliphatic rings. The highest BCUT2D eigenvalue weighted by Gasteiger charge is 2.36. The number of rotatable bonds is 8. The van der Waals surface area contributed by atoms with E-state index in [1.165, 1.54) is 4.31 Å². The minimum Gasteiger partial charge on any atom is -0.488 e. The normalized spacial score (nSPS) is 17.6. The van der Waals surface area contributed by atoms with Crippen LogP contribution in [0.15, 0.2) is 64.5 Å². The maximum atomic E-state index is 13.9. The quantitative estimate of drug-likeness (QED) is 0.194. The predicted octanol–water partition coefficient (Wildman–Crippen LogP) is 5.68. The number of carbonyl (C=O) groups excluding carboxylic acids is 1. The van der Waals surface area contributed by atoms with Crippen molar-refractivity contribution in [2.45, 2.75) is 83.5 Å². The molecule has 0 fully saturated rings. The molecule has 1 unspecified atom stereocenters. The van der Waals surface area contributed by atoms with Crippen LogP contribution in [-0.2, 0) is 27.9 Å². The van der Waals surface area contributed by atoms with E-state index < -0.39 is 15.6 Å². The van der Waals surface area contributed by atoms with Gasteiger partial charge in [0.25, 0.3) is 0 Å². The van der Waals surface area contributed by atoms with Crippen molar-refractivity contribution in [2.24, 2.45) is 4.99 Å². The number of para-hydroxylation sites is 1. The van der Waals surface area contributed by atoms with Crippen LogP contribution in [0.25, 0.3) is 11.0 Å². The molecule has 0 bridgehead atoms. The Bertz CT molecular complexity index is 1790. The fourth-order valence-electron chi connectivity index (χ4n) is 5.91. The van der Waals surface area contributed by atoms with E-state index >= 15 is 0 Å². The number of fused-ring (bicyclic) bond motifs is 2. The average molecular weight is 588 g/mol. The largest absolute Gasteiger partial charge is 0.488 e. The summed E-state index contributed by atoms with van der Waals surface area (Å²) in [6.07, 6.45) is 2.17. The van der Waals surface area contributed by atoms with Gasteiger partial charge in [-0.1, -0.05) is 48.5 Å². The van der Waals surface area contributed by atoms with E-state index in [4.69, 9.17) is 4.74 Å². The standard InChI is InChI=1S/C32H37N5O4S/c1-7-25-19-36(42(39,40)29-12-10-9-11-28(29)41-25)18-24-17-23(14-13-21(24)3)30(32(5,6)33-20-38)26-15-16-27-31(22(26)4)34-35-37(27)8-2/h9-17,25,30H,7-8,18-19H2,1-6H3/t25?,30-/m0/s1. The molecule has 1 aromatic heterocycles. The van der Waals surface area contributed by atoms with Crippen molar-refractivity contribution < 1.29 is 17.9 Å². The summed E-state index contributed by atoms with van der Waals surface area (Å²) in [7, 11) is -3.81. The molecule has 0 aliphatic carbocycles. The highest BCUT2D eigenvalue weighted by atomic mass is 32.2. The first kappa shape index (κ1) is 29.6. The van der Waals surface area contributed by atoms with Crippen LogP contribution < -0.4 is 4.74 Å². The smallest absolute Gasteiger partial charge is 0.247 e. The van der Waals surface area contributed by atoms with Crippen LogP contribution in [-0.4, -0.2) is 52.0 Å². The minimum absolute atomic E-state index is 0.179. The Morgan fingerprint density at radius 3 is 2.60 bits per heavy atom. The molecule has 5 rings (SSSR count). The number of aliphatic imine (C=N–C) groups is 1. The zero-order valence-electron chi connectivity index (χ0n) is 25.0. The summed E-state index contributed by atoms with van der Waals surface area (Å²) in [5.41, 5.74) is 5.59. The number of sulfonamides is 1. The van der Waals surface area contributed by atoms with E-state index in [0.717, 1.165) is 38.9 Å². The summed E-state index contributed by atoms with van der Waals surface area (Å²) in [6, 6.07) is 17.0. The first-order chi connectivity index (χ1) is 20.0. The third-order valence-corrected chi connectivity index (χ3v) is 10.2. The van der Waals surface area contributed by atoms with Crippen molar-refractivity contribution in [2.75, 3.05) is 6.54 Å². The van der Waals surface area contributed by atoms with E-state index in [-0.39, 0.29) is 30.0 Å². The Morgan fingerprint density at radius 1 is 1.12 bits per heavy atom. The Balaban J connectivity index is 1.62. The van der Waals surface area contributed by atoms with Gasteiger partial charge >= 0.3 is 0 Å². The summed E-state index contributed by atoms with van der Waals surface area (Å²) in [6.45, 7) is 13.0. The van der Waals surface area contributed by atoms with Crippen molar-refractivity contribution >= 4 is 27.1 Å². The lowest BCUT2D eigenvalue weighted by Gasteiger charge is -2.32. The number of hydrogen-bond acceptors (Lipinski definition) is 7. The van der Waals surface area contributed by atoms with Crippen LogP contribution >= 0.6 is 0 Å². The fourth-order valence-corrected chi connectivity index (χ4v) is 7.49. The summed E-state index contributed by atoms with van der Waals surface area (Å²) in [4.78, 5) is 16.0. The molecule has 2 heterocycles. The minimum atomic E-state index is -3.81. The third kappa shape index (κ3) is 5.26. The summed E-state index contributed by atoms with van der Waals surface area (Å²) < 4.78 is 37.2. The van der Waals surface area contributed by atoms with Crippen LogP contribution in [0.1, 0.15) is 67.9 Å². The zero-order chi connectivity index (χ0) is 30.2. The molecule has 0 amide bonds. The molecule has 3 aromatic carbocycles. The Labute approximate surface area is 247 Å². The van der Waals surface area contributed by atoms with Crippen molar-refractivity contribution in [3.8, 4) is 5.75 Å². The molecular weight excluding hydrogens is 550 g/mol. The van der Waals surface area contributed by atoms with Gasteiger partial charge in [0.2, 0.25) is 16.1 Å². The van der Waals surface area contributed by atoms with E-state index in [0.29, 0.717) is 18.7 Å². The Kier molecular flexibility index (Phi) is 8.07. The fraction of sp³-hybridized carbons (Fsp3) is 0.406. The van der Waals surface area contributed by atoms with Gasteiger partial charge < -0.3 is 4.74 Å². The topological polar surface area (TPSA) is 107 Å². The molecule has 10 heteroatoms. The first-order valence-corrected chi connectivity index (χ1v) is 15.7. The number of aryl methyl sites for hydroxylation is 3. The molecule has 0 N–H and O–H groups in total. The van der Waals surface area contributed by atoms with Crippen LogP contribution in [0, 0.1) is 13.8 Å². The highest BCUT2D eigenvalue weighted by molar-refractivity contribution is 7.89. The molecule has 0 saturated heterocycles. The predicted molar refractivity (Wildman–Crippen MR) is 162 cm³/mol. The molecule has 42 heavy (non-hydrogen) atoms. The van der Waals surface area contributed by atoms with Gasteiger partial charge in [0.15, 0.2) is 0 Å². The van der Waals surface area contributed by atoms with Crippen molar-refractivity contribution in [3.63, 3.8) is 0 Å². The Hall–Kier alpha value is -3.85. The van der Waals surface area contributed by atoms with Crippen LogP contribution in [0.2, 0.25) is 0 Å². The second-order valence-electron chi connectivity index (χ2n) is 11.4. The van der Waals surface area contributed by atoms with Crippen LogP contribution in [0.4, 0.5) is 0 Å². The summed E-state index contributed by atoms with van der Waals surface area (Å²) >= 11 is 0. The highest BCUT2D eigenvalue weighted by Crippen LogP contribution is 2.41. The number of hydrogen-bond donors (Lipinski definition) is 0. The van der Waals surface area contributed by atoms with Gasteiger partial charge in [-0.15, -0.1) is 5.10 Å². The van der Waals surface area contributed by atoms with Gasteiger partial charge in [0.1, 0.15) is 22.3 Å². The summed E-state index contributed by atoms with van der Waals surface area (Å²) in [5.74, 6) is 0.0550. The van der Waals surface area contributed by atoms with Gasteiger partial charge in [-0.05, 0) is 87.1 Å². The van der Waals surface area contributed by atoms with Crippen molar-refractivity contribution in [1.29, 1.82) is 0 Å². The average Bonchev–Trinajstić information content (AvgIpc) is 3.34. The number of ether oxygens (including phenoxy) is 1. The van der Waals surface area contributed by atoms with Gasteiger partial charge in [-0.3, -0.25) is 0 Å². The van der Waals surface area contributed by atoms with Crippen molar-refractivity contribution in [3.05, 3.63) is 82.4 Å².